The van der Waals surface area contributed by atoms with E-state index in [2.05, 4.69) is 51.8 Å². The quantitative estimate of drug-likeness (QED) is 0.355. The molecule has 1 atom stereocenters. The predicted molar refractivity (Wildman–Crippen MR) is 128 cm³/mol. The van der Waals surface area contributed by atoms with Crippen LogP contribution in [0.1, 0.15) is 44.1 Å². The third-order valence-corrected chi connectivity index (χ3v) is 7.49. The zero-order chi connectivity index (χ0) is 19.3. The molecule has 0 radical (unpaired) electrons. The molecule has 1 aliphatic heterocycles. The summed E-state index contributed by atoms with van der Waals surface area (Å²) in [6.07, 6.45) is 7.27. The van der Waals surface area contributed by atoms with Crippen molar-refractivity contribution in [2.24, 2.45) is 4.99 Å². The number of sulfone groups is 1. The summed E-state index contributed by atoms with van der Waals surface area (Å²) in [4.78, 5) is 6.63. The second-order valence-electron chi connectivity index (χ2n) is 7.74. The molecule has 1 saturated carbocycles. The van der Waals surface area contributed by atoms with E-state index in [9.17, 15) is 8.42 Å². The van der Waals surface area contributed by atoms with Crippen LogP contribution in [-0.2, 0) is 16.4 Å². The number of nitrogens with zero attached hydrogens (tertiary/aromatic N) is 2. The second kappa shape index (κ2) is 10.7. The van der Waals surface area contributed by atoms with E-state index >= 15 is 0 Å². The van der Waals surface area contributed by atoms with Crippen molar-refractivity contribution >= 4 is 45.5 Å². The molecule has 1 aromatic carbocycles. The molecule has 1 aromatic rings. The van der Waals surface area contributed by atoms with E-state index in [0.717, 1.165) is 0 Å². The smallest absolute Gasteiger partial charge is 0.191 e. The molecule has 2 aliphatic rings. The molecule has 158 valence electrons. The van der Waals surface area contributed by atoms with Gasteiger partial charge in [-0.15, -0.1) is 24.0 Å². The first-order valence-corrected chi connectivity index (χ1v) is 11.8. The van der Waals surface area contributed by atoms with Gasteiger partial charge in [0.25, 0.3) is 0 Å². The van der Waals surface area contributed by atoms with Crippen LogP contribution in [0.2, 0.25) is 0 Å². The summed E-state index contributed by atoms with van der Waals surface area (Å²) in [5.74, 6) is 1.11. The average Bonchev–Trinajstić information content (AvgIpc) is 3.04. The van der Waals surface area contributed by atoms with Gasteiger partial charge >= 0.3 is 0 Å². The predicted octanol–water partition coefficient (Wildman–Crippen LogP) is 2.93. The molecule has 2 N–H and O–H groups in total. The zero-order valence-corrected chi connectivity index (χ0v) is 20.0. The lowest BCUT2D eigenvalue weighted by atomic mass is 9.94. The highest BCUT2D eigenvalue weighted by Crippen LogP contribution is 2.26. The Morgan fingerprint density at radius 3 is 2.39 bits per heavy atom. The van der Waals surface area contributed by atoms with Crippen LogP contribution in [0.4, 0.5) is 5.69 Å². The third kappa shape index (κ3) is 6.50. The van der Waals surface area contributed by atoms with Gasteiger partial charge < -0.3 is 15.5 Å². The highest BCUT2D eigenvalue weighted by atomic mass is 127. The van der Waals surface area contributed by atoms with Crippen molar-refractivity contribution in [1.29, 1.82) is 0 Å². The average molecular weight is 520 g/mol. The summed E-state index contributed by atoms with van der Waals surface area (Å²) >= 11 is 0. The fraction of sp³-hybridized carbons (Fsp3) is 0.650. The molecule has 1 saturated heterocycles. The van der Waals surface area contributed by atoms with Crippen LogP contribution in [0.3, 0.4) is 0 Å². The Kier molecular flexibility index (Phi) is 8.85. The molecule has 1 aliphatic carbocycles. The molecule has 0 bridgehead atoms. The summed E-state index contributed by atoms with van der Waals surface area (Å²) < 4.78 is 23.2. The fourth-order valence-electron chi connectivity index (χ4n) is 4.01. The van der Waals surface area contributed by atoms with Gasteiger partial charge in [-0.3, -0.25) is 4.99 Å². The van der Waals surface area contributed by atoms with E-state index in [4.69, 9.17) is 0 Å². The molecular weight excluding hydrogens is 487 g/mol. The van der Waals surface area contributed by atoms with E-state index in [1.54, 1.807) is 7.05 Å². The number of hydrogen-bond acceptors (Lipinski definition) is 4. The first-order valence-electron chi connectivity index (χ1n) is 9.96. The molecule has 0 spiro atoms. The molecule has 2 fully saturated rings. The topological polar surface area (TPSA) is 73.8 Å². The maximum Gasteiger partial charge on any atom is 0.191 e. The van der Waals surface area contributed by atoms with Crippen LogP contribution in [0.25, 0.3) is 0 Å². The number of rotatable bonds is 5. The van der Waals surface area contributed by atoms with Crippen LogP contribution in [0, 0.1) is 0 Å². The molecule has 3 rings (SSSR count). The van der Waals surface area contributed by atoms with Crippen LogP contribution in [0.15, 0.2) is 29.3 Å². The summed E-state index contributed by atoms with van der Waals surface area (Å²) in [6.45, 7) is 0.659. The highest BCUT2D eigenvalue weighted by Gasteiger charge is 2.28. The van der Waals surface area contributed by atoms with Crippen LogP contribution in [0.5, 0.6) is 0 Å². The Morgan fingerprint density at radius 2 is 1.82 bits per heavy atom. The first kappa shape index (κ1) is 23.3. The molecule has 1 unspecified atom stereocenters. The Balaban J connectivity index is 0.00000280. The van der Waals surface area contributed by atoms with Gasteiger partial charge in [-0.25, -0.2) is 8.42 Å². The van der Waals surface area contributed by atoms with Gasteiger partial charge in [0, 0.05) is 38.4 Å². The maximum absolute atomic E-state index is 11.6. The Bertz CT molecular complexity index is 746. The zero-order valence-electron chi connectivity index (χ0n) is 16.9. The number of benzene rings is 1. The first-order chi connectivity index (χ1) is 13.0. The molecule has 6 nitrogen and oxygen atoms in total. The summed E-state index contributed by atoms with van der Waals surface area (Å²) in [7, 11) is 1.02. The Hall–Kier alpha value is -1.03. The van der Waals surface area contributed by atoms with Crippen molar-refractivity contribution in [3.63, 3.8) is 0 Å². The van der Waals surface area contributed by atoms with E-state index in [-0.39, 0.29) is 41.5 Å². The van der Waals surface area contributed by atoms with E-state index in [0.29, 0.717) is 25.0 Å². The van der Waals surface area contributed by atoms with Gasteiger partial charge in [-0.1, -0.05) is 31.4 Å². The Morgan fingerprint density at radius 1 is 1.14 bits per heavy atom. The van der Waals surface area contributed by atoms with Crippen LogP contribution in [-0.4, -0.2) is 52.1 Å². The van der Waals surface area contributed by atoms with Gasteiger partial charge in [-0.2, -0.15) is 0 Å². The number of halogens is 1. The van der Waals surface area contributed by atoms with Gasteiger partial charge in [-0.05, 0) is 37.0 Å². The van der Waals surface area contributed by atoms with E-state index in [1.807, 2.05) is 0 Å². The summed E-state index contributed by atoms with van der Waals surface area (Å²) in [5.41, 5.74) is 2.45. The third-order valence-electron chi connectivity index (χ3n) is 5.72. The number of anilines is 1. The highest BCUT2D eigenvalue weighted by molar-refractivity contribution is 14.0. The lowest BCUT2D eigenvalue weighted by Gasteiger charge is -2.33. The Labute approximate surface area is 186 Å². The van der Waals surface area contributed by atoms with E-state index < -0.39 is 9.84 Å². The van der Waals surface area contributed by atoms with Crippen molar-refractivity contribution < 1.29 is 8.42 Å². The van der Waals surface area contributed by atoms with Crippen molar-refractivity contribution in [3.05, 3.63) is 29.8 Å². The van der Waals surface area contributed by atoms with E-state index in [1.165, 1.54) is 43.4 Å². The molecule has 0 amide bonds. The number of aliphatic imine (C=N–C) groups is 1. The minimum Gasteiger partial charge on any atom is -0.372 e. The summed E-state index contributed by atoms with van der Waals surface area (Å²) in [5, 5.41) is 6.50. The fourth-order valence-corrected chi connectivity index (χ4v) is 5.68. The minimum absolute atomic E-state index is 0. The lowest BCUT2D eigenvalue weighted by Crippen LogP contribution is -2.43. The monoisotopic (exact) mass is 520 g/mol. The van der Waals surface area contributed by atoms with Crippen molar-refractivity contribution in [1.82, 2.24) is 10.6 Å². The standard InChI is InChI=1S/C20H32N4O2S.HI/c1-21-20(23-17-12-13-27(25,26)15-17)22-14-16-8-10-19(11-9-16)24(2)18-6-4-3-5-7-18;/h8-11,17-18H,3-7,12-15H2,1-2H3,(H2,21,22,23);1H. The largest absolute Gasteiger partial charge is 0.372 e. The second-order valence-corrected chi connectivity index (χ2v) is 9.97. The summed E-state index contributed by atoms with van der Waals surface area (Å²) in [6, 6.07) is 9.28. The molecule has 1 heterocycles. The van der Waals surface area contributed by atoms with Crippen molar-refractivity contribution in [2.75, 3.05) is 30.5 Å². The van der Waals surface area contributed by atoms with Gasteiger partial charge in [0.15, 0.2) is 15.8 Å². The number of nitrogens with one attached hydrogen (secondary N) is 2. The lowest BCUT2D eigenvalue weighted by molar-refractivity contribution is 0.427. The van der Waals surface area contributed by atoms with Crippen molar-refractivity contribution in [3.8, 4) is 0 Å². The van der Waals surface area contributed by atoms with Gasteiger partial charge in [0.2, 0.25) is 0 Å². The van der Waals surface area contributed by atoms with Crippen LogP contribution < -0.4 is 15.5 Å². The van der Waals surface area contributed by atoms with Crippen LogP contribution >= 0.6 is 24.0 Å². The minimum atomic E-state index is -2.89. The maximum atomic E-state index is 11.6. The number of guanidine groups is 1. The van der Waals surface area contributed by atoms with Gasteiger partial charge in [0.1, 0.15) is 0 Å². The number of hydrogen-bond donors (Lipinski definition) is 2. The molecular formula is C20H33IN4O2S. The van der Waals surface area contributed by atoms with Crippen molar-refractivity contribution in [2.45, 2.75) is 57.2 Å². The molecule has 28 heavy (non-hydrogen) atoms. The molecule has 8 heteroatoms. The molecule has 0 aromatic heterocycles. The van der Waals surface area contributed by atoms with Gasteiger partial charge in [0.05, 0.1) is 11.5 Å². The normalized spacial score (nSPS) is 22.4. The SMILES string of the molecule is CN=C(NCc1ccc(N(C)C2CCCCC2)cc1)NC1CCS(=O)(=O)C1.I.